The summed E-state index contributed by atoms with van der Waals surface area (Å²) in [5.74, 6) is -0.900. The van der Waals surface area contributed by atoms with E-state index in [1.807, 2.05) is 0 Å². The van der Waals surface area contributed by atoms with Crippen molar-refractivity contribution in [2.45, 2.75) is 6.42 Å². The third-order valence-electron chi connectivity index (χ3n) is 1.78. The molecule has 4 N–H and O–H groups in total. The number of hydrogen-bond acceptors (Lipinski definition) is 6. The molecule has 0 atom stereocenters. The number of sulfonamides is 1. The SMILES string of the molecule is NS(=O)(=O)CCCNc1cnc(C(=O)O)cn1. The second kappa shape index (κ2) is 5.55. The van der Waals surface area contributed by atoms with Crippen LogP contribution in [0.5, 0.6) is 0 Å². The summed E-state index contributed by atoms with van der Waals surface area (Å²) in [6.45, 7) is 0.359. The summed E-state index contributed by atoms with van der Waals surface area (Å²) in [7, 11) is -3.45. The van der Waals surface area contributed by atoms with Crippen LogP contribution in [-0.4, -0.2) is 41.8 Å². The minimum atomic E-state index is -3.45. The molecule has 0 spiro atoms. The van der Waals surface area contributed by atoms with E-state index in [-0.39, 0.29) is 11.4 Å². The predicted octanol–water partition coefficient (Wildman–Crippen LogP) is -0.735. The minimum Gasteiger partial charge on any atom is -0.476 e. The van der Waals surface area contributed by atoms with Gasteiger partial charge in [-0.15, -0.1) is 0 Å². The predicted molar refractivity (Wildman–Crippen MR) is 60.1 cm³/mol. The van der Waals surface area contributed by atoms with Gasteiger partial charge in [0, 0.05) is 6.54 Å². The highest BCUT2D eigenvalue weighted by Crippen LogP contribution is 2.01. The molecule has 94 valence electrons. The molecule has 0 aliphatic carbocycles. The highest BCUT2D eigenvalue weighted by molar-refractivity contribution is 7.89. The van der Waals surface area contributed by atoms with Crippen LogP contribution in [0.2, 0.25) is 0 Å². The number of nitrogens with two attached hydrogens (primary N) is 1. The lowest BCUT2D eigenvalue weighted by Crippen LogP contribution is -2.19. The van der Waals surface area contributed by atoms with Crippen LogP contribution >= 0.6 is 0 Å². The lowest BCUT2D eigenvalue weighted by Gasteiger charge is -2.04. The van der Waals surface area contributed by atoms with Crippen LogP contribution in [0.1, 0.15) is 16.9 Å². The summed E-state index contributed by atoms with van der Waals surface area (Å²) in [5, 5.41) is 16.2. The van der Waals surface area contributed by atoms with Crippen molar-refractivity contribution in [2.24, 2.45) is 5.14 Å². The summed E-state index contributed by atoms with van der Waals surface area (Å²) < 4.78 is 21.2. The first kappa shape index (κ1) is 13.3. The minimum absolute atomic E-state index is 0.124. The van der Waals surface area contributed by atoms with E-state index in [0.29, 0.717) is 18.8 Å². The quantitative estimate of drug-likeness (QED) is 0.573. The molecule has 0 saturated heterocycles. The highest BCUT2D eigenvalue weighted by atomic mass is 32.2. The van der Waals surface area contributed by atoms with Crippen LogP contribution in [0.4, 0.5) is 5.82 Å². The number of carboxylic acid groups (broad SMARTS) is 1. The van der Waals surface area contributed by atoms with Gasteiger partial charge in [0.25, 0.3) is 0 Å². The van der Waals surface area contributed by atoms with Gasteiger partial charge in [-0.2, -0.15) is 0 Å². The number of anilines is 1. The first-order valence-corrected chi connectivity index (χ1v) is 6.40. The maximum atomic E-state index is 10.6. The van der Waals surface area contributed by atoms with Crippen molar-refractivity contribution < 1.29 is 18.3 Å². The van der Waals surface area contributed by atoms with Crippen LogP contribution in [-0.2, 0) is 10.0 Å². The van der Waals surface area contributed by atoms with Crippen LogP contribution in [0.3, 0.4) is 0 Å². The fraction of sp³-hybridized carbons (Fsp3) is 0.375. The standard InChI is InChI=1S/C8H12N4O4S/c9-17(15,16)3-1-2-10-7-5-11-6(4-12-7)8(13)14/h4-5H,1-3H2,(H,10,12)(H,13,14)(H2,9,15,16). The number of carboxylic acids is 1. The van der Waals surface area contributed by atoms with Gasteiger partial charge in [0.2, 0.25) is 10.0 Å². The Morgan fingerprint density at radius 1 is 1.41 bits per heavy atom. The van der Waals surface area contributed by atoms with Gasteiger partial charge in [0.1, 0.15) is 5.82 Å². The van der Waals surface area contributed by atoms with E-state index in [2.05, 4.69) is 15.3 Å². The maximum absolute atomic E-state index is 10.6. The van der Waals surface area contributed by atoms with Gasteiger partial charge >= 0.3 is 5.97 Å². The normalized spacial score (nSPS) is 11.1. The zero-order valence-corrected chi connectivity index (χ0v) is 9.64. The van der Waals surface area contributed by atoms with E-state index >= 15 is 0 Å². The summed E-state index contributed by atoms with van der Waals surface area (Å²) in [4.78, 5) is 17.9. The number of carbonyl (C=O) groups is 1. The van der Waals surface area contributed by atoms with Gasteiger partial charge in [-0.05, 0) is 6.42 Å². The Balaban J connectivity index is 2.40. The molecule has 17 heavy (non-hydrogen) atoms. The maximum Gasteiger partial charge on any atom is 0.356 e. The van der Waals surface area contributed by atoms with Crippen molar-refractivity contribution in [2.75, 3.05) is 17.6 Å². The van der Waals surface area contributed by atoms with Crippen molar-refractivity contribution in [3.63, 3.8) is 0 Å². The lowest BCUT2D eigenvalue weighted by molar-refractivity contribution is 0.0690. The number of nitrogens with zero attached hydrogens (tertiary/aromatic N) is 2. The Labute approximate surface area is 97.9 Å². The Kier molecular flexibility index (Phi) is 4.35. The summed E-state index contributed by atoms with van der Waals surface area (Å²) in [6.07, 6.45) is 2.71. The molecular formula is C8H12N4O4S. The highest BCUT2D eigenvalue weighted by Gasteiger charge is 2.05. The molecule has 8 nitrogen and oxygen atoms in total. The Bertz CT molecular complexity index is 485. The van der Waals surface area contributed by atoms with Crippen LogP contribution < -0.4 is 10.5 Å². The monoisotopic (exact) mass is 260 g/mol. The van der Waals surface area contributed by atoms with Crippen molar-refractivity contribution >= 4 is 21.8 Å². The zero-order chi connectivity index (χ0) is 12.9. The van der Waals surface area contributed by atoms with Gasteiger partial charge in [-0.3, -0.25) is 0 Å². The fourth-order valence-electron chi connectivity index (χ4n) is 1.02. The average Bonchev–Trinajstić information content (AvgIpc) is 2.24. The van der Waals surface area contributed by atoms with Crippen molar-refractivity contribution in [1.82, 2.24) is 9.97 Å². The molecule has 0 aliphatic rings. The molecule has 1 aromatic rings. The first-order chi connectivity index (χ1) is 7.88. The van der Waals surface area contributed by atoms with E-state index in [0.717, 1.165) is 6.20 Å². The van der Waals surface area contributed by atoms with E-state index in [1.165, 1.54) is 6.20 Å². The zero-order valence-electron chi connectivity index (χ0n) is 8.83. The summed E-state index contributed by atoms with van der Waals surface area (Å²) in [6, 6.07) is 0. The van der Waals surface area contributed by atoms with Crippen molar-refractivity contribution in [3.8, 4) is 0 Å². The molecule has 0 unspecified atom stereocenters. The number of rotatable bonds is 6. The van der Waals surface area contributed by atoms with E-state index in [1.54, 1.807) is 0 Å². The smallest absolute Gasteiger partial charge is 0.356 e. The van der Waals surface area contributed by atoms with Gasteiger partial charge in [-0.1, -0.05) is 0 Å². The molecule has 0 saturated carbocycles. The molecule has 0 aromatic carbocycles. The van der Waals surface area contributed by atoms with Gasteiger partial charge in [0.05, 0.1) is 18.1 Å². The third-order valence-corrected chi connectivity index (χ3v) is 2.64. The van der Waals surface area contributed by atoms with E-state index in [9.17, 15) is 13.2 Å². The average molecular weight is 260 g/mol. The molecule has 0 aliphatic heterocycles. The second-order valence-corrected chi connectivity index (χ2v) is 4.97. The molecule has 0 bridgehead atoms. The molecule has 0 amide bonds. The largest absolute Gasteiger partial charge is 0.476 e. The van der Waals surface area contributed by atoms with Crippen LogP contribution in [0.15, 0.2) is 12.4 Å². The molecule has 0 radical (unpaired) electrons. The number of hydrogen-bond donors (Lipinski definition) is 3. The van der Waals surface area contributed by atoms with Gasteiger partial charge < -0.3 is 10.4 Å². The van der Waals surface area contributed by atoms with Crippen LogP contribution in [0.25, 0.3) is 0 Å². The van der Waals surface area contributed by atoms with Gasteiger partial charge in [0.15, 0.2) is 5.69 Å². The van der Waals surface area contributed by atoms with Crippen molar-refractivity contribution in [1.29, 1.82) is 0 Å². The Morgan fingerprint density at radius 2 is 2.12 bits per heavy atom. The van der Waals surface area contributed by atoms with E-state index in [4.69, 9.17) is 10.2 Å². The second-order valence-electron chi connectivity index (χ2n) is 3.24. The number of primary sulfonamides is 1. The van der Waals surface area contributed by atoms with Crippen molar-refractivity contribution in [3.05, 3.63) is 18.1 Å². The van der Waals surface area contributed by atoms with Crippen LogP contribution in [0, 0.1) is 0 Å². The summed E-state index contributed by atoms with van der Waals surface area (Å²) >= 11 is 0. The summed E-state index contributed by atoms with van der Waals surface area (Å²) in [5.41, 5.74) is -0.153. The Morgan fingerprint density at radius 3 is 2.59 bits per heavy atom. The molecule has 9 heteroatoms. The molecule has 1 rings (SSSR count). The number of nitrogens with one attached hydrogen (secondary N) is 1. The fourth-order valence-corrected chi connectivity index (χ4v) is 1.57. The molecule has 1 heterocycles. The molecule has 0 fully saturated rings. The van der Waals surface area contributed by atoms with E-state index < -0.39 is 16.0 Å². The Hall–Kier alpha value is -1.74. The number of aromatic nitrogens is 2. The lowest BCUT2D eigenvalue weighted by atomic mass is 10.4. The third kappa shape index (κ3) is 5.22. The topological polar surface area (TPSA) is 135 Å². The number of aromatic carboxylic acids is 1. The molecule has 1 aromatic heterocycles. The first-order valence-electron chi connectivity index (χ1n) is 4.68. The molecular weight excluding hydrogens is 248 g/mol. The van der Waals surface area contributed by atoms with Gasteiger partial charge in [-0.25, -0.2) is 28.3 Å².